The van der Waals surface area contributed by atoms with Gasteiger partial charge in [-0.2, -0.15) is 11.8 Å². The molecule has 3 heterocycles. The molecule has 0 saturated carbocycles. The predicted octanol–water partition coefficient (Wildman–Crippen LogP) is 5.25. The van der Waals surface area contributed by atoms with Crippen LogP contribution in [0.4, 0.5) is 0 Å². The molecule has 2 aromatic heterocycles. The van der Waals surface area contributed by atoms with Gasteiger partial charge < -0.3 is 5.32 Å². The molecule has 2 aromatic rings. The van der Waals surface area contributed by atoms with Gasteiger partial charge in [0.2, 0.25) is 0 Å². The lowest BCUT2D eigenvalue weighted by atomic mass is 10.1. The first kappa shape index (κ1) is 15.1. The van der Waals surface area contributed by atoms with Crippen molar-refractivity contribution in [1.82, 2.24) is 5.32 Å². The van der Waals surface area contributed by atoms with Gasteiger partial charge in [0, 0.05) is 32.8 Å². The van der Waals surface area contributed by atoms with E-state index in [0.29, 0.717) is 6.04 Å². The van der Waals surface area contributed by atoms with Gasteiger partial charge in [-0.05, 0) is 58.4 Å². The Kier molecular flexibility index (Phi) is 5.26. The zero-order chi connectivity index (χ0) is 13.9. The number of thioether (sulfide) groups is 1. The maximum atomic E-state index is 3.66. The lowest BCUT2D eigenvalue weighted by molar-refractivity contribution is 0.561. The van der Waals surface area contributed by atoms with E-state index in [1.54, 1.807) is 10.4 Å². The van der Waals surface area contributed by atoms with E-state index in [-0.39, 0.29) is 0 Å². The van der Waals surface area contributed by atoms with Crippen LogP contribution in [0.1, 0.15) is 33.2 Å². The van der Waals surface area contributed by atoms with Crippen LogP contribution in [0.15, 0.2) is 22.0 Å². The van der Waals surface area contributed by atoms with Gasteiger partial charge in [-0.1, -0.05) is 6.92 Å². The Morgan fingerprint density at radius 2 is 2.25 bits per heavy atom. The summed E-state index contributed by atoms with van der Waals surface area (Å²) in [5, 5.41) is 3.66. The van der Waals surface area contributed by atoms with Crippen molar-refractivity contribution >= 4 is 50.4 Å². The highest BCUT2D eigenvalue weighted by atomic mass is 79.9. The number of rotatable bonds is 5. The van der Waals surface area contributed by atoms with Gasteiger partial charge in [0.05, 0.1) is 3.79 Å². The Labute approximate surface area is 141 Å². The van der Waals surface area contributed by atoms with Gasteiger partial charge in [0.15, 0.2) is 0 Å². The number of nitrogens with one attached hydrogen (secondary N) is 1. The molecule has 0 spiro atoms. The van der Waals surface area contributed by atoms with Crippen LogP contribution in [0, 0.1) is 0 Å². The second-order valence-corrected chi connectivity index (χ2v) is 9.74. The highest BCUT2D eigenvalue weighted by molar-refractivity contribution is 9.11. The average Bonchev–Trinajstić information content (AvgIpc) is 3.04. The molecule has 3 rings (SSSR count). The topological polar surface area (TPSA) is 12.0 Å². The Hall–Kier alpha value is 0.190. The minimum atomic E-state index is 0.464. The van der Waals surface area contributed by atoms with Crippen molar-refractivity contribution in [3.63, 3.8) is 0 Å². The van der Waals surface area contributed by atoms with E-state index in [4.69, 9.17) is 0 Å². The molecule has 0 saturated heterocycles. The molecule has 1 N–H and O–H groups in total. The van der Waals surface area contributed by atoms with E-state index in [2.05, 4.69) is 58.1 Å². The summed E-state index contributed by atoms with van der Waals surface area (Å²) in [6.07, 6.45) is 2.35. The maximum Gasteiger partial charge on any atom is 0.0701 e. The fraction of sp³-hybridized carbons (Fsp3) is 0.467. The standard InChI is InChI=1S/C15H18BrNS3/c1-2-17-12(8-11-3-4-15(16)19-11)14-7-10-9-18-6-5-13(10)20-14/h3-4,7,12,17H,2,5-6,8-9H2,1H3. The minimum absolute atomic E-state index is 0.464. The second-order valence-electron chi connectivity index (χ2n) is 4.92. The number of thiophene rings is 2. The van der Waals surface area contributed by atoms with Gasteiger partial charge >= 0.3 is 0 Å². The van der Waals surface area contributed by atoms with Crippen LogP contribution in [0.5, 0.6) is 0 Å². The Balaban J connectivity index is 1.80. The smallest absolute Gasteiger partial charge is 0.0701 e. The van der Waals surface area contributed by atoms with Crippen LogP contribution in [0.3, 0.4) is 0 Å². The average molecular weight is 388 g/mol. The number of hydrogen-bond donors (Lipinski definition) is 1. The number of halogens is 1. The van der Waals surface area contributed by atoms with E-state index in [1.807, 2.05) is 22.7 Å². The monoisotopic (exact) mass is 387 g/mol. The summed E-state index contributed by atoms with van der Waals surface area (Å²) in [4.78, 5) is 4.58. The highest BCUT2D eigenvalue weighted by Gasteiger charge is 2.19. The third-order valence-corrected chi connectivity index (χ3v) is 7.48. The van der Waals surface area contributed by atoms with Crippen LogP contribution in [0.2, 0.25) is 0 Å². The van der Waals surface area contributed by atoms with E-state index in [1.165, 1.54) is 31.5 Å². The van der Waals surface area contributed by atoms with Crippen LogP contribution in [0.25, 0.3) is 0 Å². The van der Waals surface area contributed by atoms with Crippen molar-refractivity contribution < 1.29 is 0 Å². The molecular weight excluding hydrogens is 370 g/mol. The molecule has 5 heteroatoms. The number of hydrogen-bond acceptors (Lipinski definition) is 4. The van der Waals surface area contributed by atoms with Crippen molar-refractivity contribution in [2.75, 3.05) is 12.3 Å². The SMILES string of the molecule is CCNC(Cc1ccc(Br)s1)c1cc2c(s1)CCSC2. The zero-order valence-electron chi connectivity index (χ0n) is 11.4. The van der Waals surface area contributed by atoms with Crippen LogP contribution >= 0.6 is 50.4 Å². The van der Waals surface area contributed by atoms with Crippen LogP contribution in [-0.4, -0.2) is 12.3 Å². The van der Waals surface area contributed by atoms with Crippen molar-refractivity contribution in [3.05, 3.63) is 42.2 Å². The summed E-state index contributed by atoms with van der Waals surface area (Å²) in [6.45, 7) is 3.22. The second kappa shape index (κ2) is 6.97. The third kappa shape index (κ3) is 3.50. The molecule has 1 aliphatic heterocycles. The summed E-state index contributed by atoms with van der Waals surface area (Å²) in [7, 11) is 0. The minimum Gasteiger partial charge on any atom is -0.309 e. The van der Waals surface area contributed by atoms with E-state index in [9.17, 15) is 0 Å². The summed E-state index contributed by atoms with van der Waals surface area (Å²) in [6, 6.07) is 7.30. The van der Waals surface area contributed by atoms with Gasteiger partial charge in [-0.3, -0.25) is 0 Å². The fourth-order valence-electron chi connectivity index (χ4n) is 2.52. The number of fused-ring (bicyclic) bond motifs is 1. The van der Waals surface area contributed by atoms with Gasteiger partial charge in [0.25, 0.3) is 0 Å². The van der Waals surface area contributed by atoms with E-state index >= 15 is 0 Å². The summed E-state index contributed by atoms with van der Waals surface area (Å²) >= 11 is 9.50. The molecule has 1 aliphatic rings. The molecule has 1 nitrogen and oxygen atoms in total. The van der Waals surface area contributed by atoms with Crippen molar-refractivity contribution in [1.29, 1.82) is 0 Å². The summed E-state index contributed by atoms with van der Waals surface area (Å²) < 4.78 is 1.23. The maximum absolute atomic E-state index is 3.66. The van der Waals surface area contributed by atoms with Crippen LogP contribution in [-0.2, 0) is 18.6 Å². The molecular formula is C15H18BrNS3. The molecule has 20 heavy (non-hydrogen) atoms. The van der Waals surface area contributed by atoms with E-state index < -0.39 is 0 Å². The lowest BCUT2D eigenvalue weighted by Gasteiger charge is -2.15. The molecule has 108 valence electrons. The lowest BCUT2D eigenvalue weighted by Crippen LogP contribution is -2.21. The van der Waals surface area contributed by atoms with Gasteiger partial charge in [-0.15, -0.1) is 22.7 Å². The summed E-state index contributed by atoms with van der Waals surface area (Å²) in [5.74, 6) is 2.49. The summed E-state index contributed by atoms with van der Waals surface area (Å²) in [5.41, 5.74) is 1.58. The van der Waals surface area contributed by atoms with Crippen molar-refractivity contribution in [3.8, 4) is 0 Å². The Bertz CT molecular complexity index is 552. The quantitative estimate of drug-likeness (QED) is 0.750. The highest BCUT2D eigenvalue weighted by Crippen LogP contribution is 2.36. The number of aryl methyl sites for hydroxylation is 1. The zero-order valence-corrected chi connectivity index (χ0v) is 15.5. The molecule has 0 bridgehead atoms. The van der Waals surface area contributed by atoms with Gasteiger partial charge in [-0.25, -0.2) is 0 Å². The number of likely N-dealkylation sites (N-methyl/N-ethyl adjacent to an activating group) is 1. The third-order valence-electron chi connectivity index (χ3n) is 3.47. The fourth-order valence-corrected chi connectivity index (χ4v) is 6.50. The van der Waals surface area contributed by atoms with Crippen LogP contribution < -0.4 is 5.32 Å². The first-order valence-electron chi connectivity index (χ1n) is 6.93. The first-order valence-corrected chi connectivity index (χ1v) is 10.5. The molecule has 0 radical (unpaired) electrons. The first-order chi connectivity index (χ1) is 9.76. The largest absolute Gasteiger partial charge is 0.309 e. The van der Waals surface area contributed by atoms with Crippen molar-refractivity contribution in [2.45, 2.75) is 31.6 Å². The molecule has 0 aromatic carbocycles. The van der Waals surface area contributed by atoms with Gasteiger partial charge in [0.1, 0.15) is 0 Å². The molecule has 1 unspecified atom stereocenters. The predicted molar refractivity (Wildman–Crippen MR) is 96.3 cm³/mol. The molecule has 0 aliphatic carbocycles. The Morgan fingerprint density at radius 1 is 1.35 bits per heavy atom. The Morgan fingerprint density at radius 3 is 2.95 bits per heavy atom. The molecule has 0 fully saturated rings. The normalized spacial score (nSPS) is 16.1. The van der Waals surface area contributed by atoms with E-state index in [0.717, 1.165) is 13.0 Å². The van der Waals surface area contributed by atoms with Crippen molar-refractivity contribution in [2.24, 2.45) is 0 Å². The molecule has 0 amide bonds. The molecule has 1 atom stereocenters.